The summed E-state index contributed by atoms with van der Waals surface area (Å²) in [6.07, 6.45) is 0. The lowest BCUT2D eigenvalue weighted by Crippen LogP contribution is -1.97. The summed E-state index contributed by atoms with van der Waals surface area (Å²) in [7, 11) is -1.14. The van der Waals surface area contributed by atoms with E-state index >= 15 is 0 Å². The molecule has 0 aliphatic carbocycles. The molecule has 2 aromatic carbocycles. The van der Waals surface area contributed by atoms with E-state index in [1.54, 1.807) is 42.5 Å². The minimum absolute atomic E-state index is 0.361. The second kappa shape index (κ2) is 5.74. The van der Waals surface area contributed by atoms with Gasteiger partial charge in [0.1, 0.15) is 0 Å². The third kappa shape index (κ3) is 3.25. The maximum Gasteiger partial charge on any atom is 0.0574 e. The predicted octanol–water partition coefficient (Wildman–Crippen LogP) is 3.88. The first kappa shape index (κ1) is 13.4. The molecule has 0 spiro atoms. The lowest BCUT2D eigenvalue weighted by Gasteiger charge is -2.05. The van der Waals surface area contributed by atoms with E-state index in [1.165, 1.54) is 0 Å². The number of hydrogen-bond donors (Lipinski definition) is 1. The Bertz CT molecular complexity index is 584. The third-order valence-electron chi connectivity index (χ3n) is 2.44. The van der Waals surface area contributed by atoms with E-state index in [1.807, 2.05) is 0 Å². The number of nitrogen functional groups attached to an aromatic ring is 1. The molecule has 18 heavy (non-hydrogen) atoms. The highest BCUT2D eigenvalue weighted by molar-refractivity contribution is 7.84. The maximum atomic E-state index is 12.1. The highest BCUT2D eigenvalue weighted by atomic mass is 35.5. The van der Waals surface area contributed by atoms with Crippen molar-refractivity contribution in [3.05, 3.63) is 58.1 Å². The van der Waals surface area contributed by atoms with Gasteiger partial charge in [-0.15, -0.1) is 0 Å². The number of hydrogen-bond acceptors (Lipinski definition) is 2. The Kier molecular flexibility index (Phi) is 4.27. The molecule has 2 N–H and O–H groups in total. The van der Waals surface area contributed by atoms with Crippen LogP contribution in [0, 0.1) is 0 Å². The van der Waals surface area contributed by atoms with Crippen molar-refractivity contribution < 1.29 is 4.21 Å². The topological polar surface area (TPSA) is 43.1 Å². The second-order valence-corrected chi connectivity index (χ2v) is 6.09. The van der Waals surface area contributed by atoms with E-state index in [-0.39, 0.29) is 0 Å². The van der Waals surface area contributed by atoms with Crippen LogP contribution in [-0.4, -0.2) is 4.21 Å². The average molecular weight is 300 g/mol. The summed E-state index contributed by atoms with van der Waals surface area (Å²) in [5, 5.41) is 1.10. The van der Waals surface area contributed by atoms with E-state index in [4.69, 9.17) is 28.9 Å². The zero-order chi connectivity index (χ0) is 13.1. The molecule has 0 amide bonds. The summed E-state index contributed by atoms with van der Waals surface area (Å²) < 4.78 is 12.1. The van der Waals surface area contributed by atoms with Gasteiger partial charge in [0, 0.05) is 20.6 Å². The van der Waals surface area contributed by atoms with Crippen LogP contribution in [0.2, 0.25) is 10.0 Å². The Morgan fingerprint density at radius 3 is 2.33 bits per heavy atom. The van der Waals surface area contributed by atoms with Gasteiger partial charge < -0.3 is 5.73 Å². The third-order valence-corrected chi connectivity index (χ3v) is 4.40. The molecule has 0 saturated carbocycles. The highest BCUT2D eigenvalue weighted by Crippen LogP contribution is 2.23. The van der Waals surface area contributed by atoms with Crippen LogP contribution in [0.3, 0.4) is 0 Å². The van der Waals surface area contributed by atoms with Gasteiger partial charge in [0.2, 0.25) is 0 Å². The summed E-state index contributed by atoms with van der Waals surface area (Å²) in [5.74, 6) is 0.361. The van der Waals surface area contributed by atoms with Crippen LogP contribution in [0.25, 0.3) is 0 Å². The van der Waals surface area contributed by atoms with Crippen molar-refractivity contribution in [3.8, 4) is 0 Å². The van der Waals surface area contributed by atoms with Crippen molar-refractivity contribution in [2.75, 3.05) is 5.73 Å². The predicted molar refractivity (Wildman–Crippen MR) is 77.4 cm³/mol. The van der Waals surface area contributed by atoms with E-state index in [0.717, 1.165) is 10.5 Å². The van der Waals surface area contributed by atoms with Crippen LogP contribution < -0.4 is 5.73 Å². The van der Waals surface area contributed by atoms with Crippen molar-refractivity contribution in [2.24, 2.45) is 0 Å². The molecule has 5 heteroatoms. The zero-order valence-electron chi connectivity index (χ0n) is 9.40. The van der Waals surface area contributed by atoms with Crippen LogP contribution >= 0.6 is 23.2 Å². The fourth-order valence-electron chi connectivity index (χ4n) is 1.48. The molecule has 0 aliphatic rings. The number of halogens is 2. The Balaban J connectivity index is 2.18. The maximum absolute atomic E-state index is 12.1. The van der Waals surface area contributed by atoms with Gasteiger partial charge >= 0.3 is 0 Å². The molecular weight excluding hydrogens is 289 g/mol. The lowest BCUT2D eigenvalue weighted by atomic mass is 10.2. The van der Waals surface area contributed by atoms with Gasteiger partial charge in [-0.2, -0.15) is 0 Å². The zero-order valence-corrected chi connectivity index (χ0v) is 11.7. The fraction of sp³-hybridized carbons (Fsp3) is 0.0769. The van der Waals surface area contributed by atoms with Gasteiger partial charge in [0.15, 0.2) is 0 Å². The summed E-state index contributed by atoms with van der Waals surface area (Å²) in [6, 6.07) is 12.2. The van der Waals surface area contributed by atoms with Crippen LogP contribution in [0.15, 0.2) is 47.4 Å². The monoisotopic (exact) mass is 299 g/mol. The normalized spacial score (nSPS) is 12.3. The molecule has 2 nitrogen and oxygen atoms in total. The number of rotatable bonds is 3. The SMILES string of the molecule is Nc1ccc(S(=O)Cc2ccc(Cl)cc2Cl)cc1. The fourth-order valence-corrected chi connectivity index (χ4v) is 3.18. The summed E-state index contributed by atoms with van der Waals surface area (Å²) in [4.78, 5) is 0.732. The quantitative estimate of drug-likeness (QED) is 0.874. The molecule has 0 aliphatic heterocycles. The highest BCUT2D eigenvalue weighted by Gasteiger charge is 2.08. The van der Waals surface area contributed by atoms with Gasteiger partial charge in [0.05, 0.1) is 16.6 Å². The van der Waals surface area contributed by atoms with E-state index in [2.05, 4.69) is 0 Å². The Labute approximate surface area is 118 Å². The summed E-state index contributed by atoms with van der Waals surface area (Å²) in [6.45, 7) is 0. The van der Waals surface area contributed by atoms with Crippen molar-refractivity contribution in [2.45, 2.75) is 10.6 Å². The number of anilines is 1. The largest absolute Gasteiger partial charge is 0.399 e. The van der Waals surface area contributed by atoms with Crippen LogP contribution in [-0.2, 0) is 16.6 Å². The molecule has 0 fully saturated rings. The first-order valence-corrected chi connectivity index (χ1v) is 7.31. The van der Waals surface area contributed by atoms with E-state index < -0.39 is 10.8 Å². The Morgan fingerprint density at radius 2 is 1.72 bits per heavy atom. The molecule has 0 heterocycles. The van der Waals surface area contributed by atoms with Crippen molar-refractivity contribution in [3.63, 3.8) is 0 Å². The Morgan fingerprint density at radius 1 is 1.06 bits per heavy atom. The van der Waals surface area contributed by atoms with Gasteiger partial charge in [-0.1, -0.05) is 29.3 Å². The van der Waals surface area contributed by atoms with Crippen LogP contribution in [0.5, 0.6) is 0 Å². The molecular formula is C13H11Cl2NOS. The van der Waals surface area contributed by atoms with Crippen molar-refractivity contribution >= 4 is 39.7 Å². The van der Waals surface area contributed by atoms with Crippen LogP contribution in [0.1, 0.15) is 5.56 Å². The molecule has 0 bridgehead atoms. The van der Waals surface area contributed by atoms with Crippen molar-refractivity contribution in [1.29, 1.82) is 0 Å². The molecule has 2 rings (SSSR count). The molecule has 1 atom stereocenters. The second-order valence-electron chi connectivity index (χ2n) is 3.79. The average Bonchev–Trinajstić information content (AvgIpc) is 2.33. The van der Waals surface area contributed by atoms with Crippen molar-refractivity contribution in [1.82, 2.24) is 0 Å². The first-order valence-electron chi connectivity index (χ1n) is 5.24. The molecule has 0 aromatic heterocycles. The minimum atomic E-state index is -1.14. The molecule has 94 valence electrons. The summed E-state index contributed by atoms with van der Waals surface area (Å²) >= 11 is 11.9. The standard InChI is InChI=1S/C13H11Cl2NOS/c14-10-2-1-9(13(15)7-10)8-18(17)12-5-3-11(16)4-6-12/h1-7H,8,16H2. The summed E-state index contributed by atoms with van der Waals surface area (Å²) in [5.41, 5.74) is 7.05. The van der Waals surface area contributed by atoms with Gasteiger partial charge in [-0.25, -0.2) is 0 Å². The Hall–Kier alpha value is -1.03. The molecule has 0 radical (unpaired) electrons. The molecule has 2 aromatic rings. The van der Waals surface area contributed by atoms with E-state index in [0.29, 0.717) is 21.5 Å². The lowest BCUT2D eigenvalue weighted by molar-refractivity contribution is 0.682. The molecule has 1 unspecified atom stereocenters. The number of nitrogens with two attached hydrogens (primary N) is 1. The van der Waals surface area contributed by atoms with Gasteiger partial charge in [-0.05, 0) is 42.0 Å². The van der Waals surface area contributed by atoms with Gasteiger partial charge in [0.25, 0.3) is 0 Å². The van der Waals surface area contributed by atoms with Gasteiger partial charge in [-0.3, -0.25) is 4.21 Å². The van der Waals surface area contributed by atoms with Crippen LogP contribution in [0.4, 0.5) is 5.69 Å². The smallest absolute Gasteiger partial charge is 0.0574 e. The number of benzene rings is 2. The molecule has 0 saturated heterocycles. The first-order chi connectivity index (χ1) is 8.56. The van der Waals surface area contributed by atoms with E-state index in [9.17, 15) is 4.21 Å². The minimum Gasteiger partial charge on any atom is -0.399 e.